The van der Waals surface area contributed by atoms with Crippen LogP contribution in [0.15, 0.2) is 51.1 Å². The summed E-state index contributed by atoms with van der Waals surface area (Å²) in [4.78, 5) is 31.0. The third kappa shape index (κ3) is 6.93. The summed E-state index contributed by atoms with van der Waals surface area (Å²) in [6.07, 6.45) is 0.716. The summed E-state index contributed by atoms with van der Waals surface area (Å²) in [6, 6.07) is 8.98. The zero-order valence-corrected chi connectivity index (χ0v) is 28.1. The van der Waals surface area contributed by atoms with E-state index in [9.17, 15) is 9.59 Å². The fourth-order valence-electron chi connectivity index (χ4n) is 4.00. The quantitative estimate of drug-likeness (QED) is 0.259. The number of nitrogens with zero attached hydrogens (tertiary/aromatic N) is 3. The van der Waals surface area contributed by atoms with Gasteiger partial charge >= 0.3 is 5.69 Å². The second-order valence-corrected chi connectivity index (χ2v) is 23.4. The molecule has 2 aromatic rings. The van der Waals surface area contributed by atoms with Crippen molar-refractivity contribution in [1.82, 2.24) is 9.13 Å². The van der Waals surface area contributed by atoms with Crippen molar-refractivity contribution < 1.29 is 13.6 Å². The molecule has 9 nitrogen and oxygen atoms in total. The van der Waals surface area contributed by atoms with Crippen molar-refractivity contribution >= 4 is 28.3 Å². The van der Waals surface area contributed by atoms with Gasteiger partial charge in [-0.1, -0.05) is 59.7 Å². The second kappa shape index (κ2) is 11.5. The number of ether oxygens (including phenoxy) is 1. The van der Waals surface area contributed by atoms with Crippen molar-refractivity contribution in [2.24, 2.45) is 10.7 Å². The Hall–Kier alpha value is -2.32. The van der Waals surface area contributed by atoms with E-state index >= 15 is 0 Å². The van der Waals surface area contributed by atoms with E-state index in [0.29, 0.717) is 24.3 Å². The second-order valence-electron chi connectivity index (χ2n) is 13.8. The molecule has 2 heterocycles. The zero-order valence-electron chi connectivity index (χ0n) is 26.1. The van der Waals surface area contributed by atoms with Crippen LogP contribution in [0, 0.1) is 6.92 Å². The molecular weight excluding hydrogens is 541 g/mol. The Balaban J connectivity index is 2.01. The Morgan fingerprint density at radius 2 is 1.60 bits per heavy atom. The molecule has 222 valence electrons. The molecule has 11 heteroatoms. The number of para-hydroxylation sites is 1. The molecule has 0 amide bonds. The molecule has 0 saturated carbocycles. The molecule has 1 aliphatic rings. The number of hydrogen-bond acceptors (Lipinski definition) is 6. The summed E-state index contributed by atoms with van der Waals surface area (Å²) in [6.45, 7) is 24.1. The Morgan fingerprint density at radius 1 is 1.02 bits per heavy atom. The minimum Gasteiger partial charge on any atom is -0.414 e. The number of aromatic nitrogens is 2. The van der Waals surface area contributed by atoms with Crippen LogP contribution >= 0.6 is 0 Å². The van der Waals surface area contributed by atoms with Gasteiger partial charge in [0.2, 0.25) is 5.96 Å². The summed E-state index contributed by atoms with van der Waals surface area (Å²) in [5, 5.41) is 0.0406. The minimum atomic E-state index is -2.17. The van der Waals surface area contributed by atoms with Gasteiger partial charge in [-0.25, -0.2) is 9.79 Å². The maximum Gasteiger partial charge on any atom is 0.340 e. The fourth-order valence-corrected chi connectivity index (χ4v) is 6.37. The van der Waals surface area contributed by atoms with Crippen molar-refractivity contribution in [2.75, 3.05) is 6.61 Å². The van der Waals surface area contributed by atoms with Gasteiger partial charge in [0.05, 0.1) is 18.4 Å². The molecule has 1 aromatic heterocycles. The van der Waals surface area contributed by atoms with Gasteiger partial charge < -0.3 is 19.3 Å². The standard InChI is InChI=1S/C29H48N4O5Si2/c1-20-18-32(27(35)33(25(20)34)26(30)31-21-15-13-12-14-16-21)24-17-22(38-40(10,11)29(5,6)7)23(37-24)19-36-39(8,9)28(2,3)4/h12-16,18,22-24H,17,19H2,1-11H3,(H2,30,31)/t22-,23+,24+/m0/s1. The average Bonchev–Trinajstić information content (AvgIpc) is 3.21. The topological polar surface area (TPSA) is 110 Å². The van der Waals surface area contributed by atoms with Gasteiger partial charge in [0.1, 0.15) is 12.3 Å². The predicted octanol–water partition coefficient (Wildman–Crippen LogP) is 5.51. The maximum atomic E-state index is 13.7. The van der Waals surface area contributed by atoms with E-state index in [1.165, 1.54) is 4.57 Å². The summed E-state index contributed by atoms with van der Waals surface area (Å²) < 4.78 is 22.3. The summed E-state index contributed by atoms with van der Waals surface area (Å²) in [5.41, 5.74) is 6.00. The van der Waals surface area contributed by atoms with Crippen LogP contribution in [0.2, 0.25) is 36.3 Å². The first-order chi connectivity index (χ1) is 18.2. The largest absolute Gasteiger partial charge is 0.414 e. The number of aryl methyl sites for hydroxylation is 1. The molecular formula is C29H48N4O5Si2. The van der Waals surface area contributed by atoms with Crippen LogP contribution in [0.5, 0.6) is 0 Å². The molecule has 40 heavy (non-hydrogen) atoms. The minimum absolute atomic E-state index is 0.00106. The van der Waals surface area contributed by atoms with Crippen LogP contribution in [0.25, 0.3) is 0 Å². The van der Waals surface area contributed by atoms with Gasteiger partial charge in [-0.15, -0.1) is 0 Å². The van der Waals surface area contributed by atoms with E-state index in [4.69, 9.17) is 19.3 Å². The average molecular weight is 589 g/mol. The Labute approximate surface area is 240 Å². The van der Waals surface area contributed by atoms with Crippen molar-refractivity contribution in [3.8, 4) is 0 Å². The van der Waals surface area contributed by atoms with Crippen LogP contribution in [0.3, 0.4) is 0 Å². The number of hydrogen-bond donors (Lipinski definition) is 1. The normalized spacial score (nSPS) is 21.2. The fraction of sp³-hybridized carbons (Fsp3) is 0.621. The molecule has 1 saturated heterocycles. The molecule has 0 aliphatic carbocycles. The van der Waals surface area contributed by atoms with E-state index in [1.807, 2.05) is 18.2 Å². The molecule has 2 N–H and O–H groups in total. The highest BCUT2D eigenvalue weighted by molar-refractivity contribution is 6.74. The van der Waals surface area contributed by atoms with Gasteiger partial charge in [0.15, 0.2) is 16.6 Å². The molecule has 0 bridgehead atoms. The number of aliphatic imine (C=N–C) groups is 1. The van der Waals surface area contributed by atoms with Gasteiger partial charge in [-0.05, 0) is 55.3 Å². The lowest BCUT2D eigenvalue weighted by atomic mass is 10.2. The lowest BCUT2D eigenvalue weighted by Crippen LogP contribution is -2.48. The van der Waals surface area contributed by atoms with Gasteiger partial charge in [-0.3, -0.25) is 9.36 Å². The highest BCUT2D eigenvalue weighted by atomic mass is 28.4. The van der Waals surface area contributed by atoms with Crippen molar-refractivity contribution in [3.05, 3.63) is 62.9 Å². The third-order valence-corrected chi connectivity index (χ3v) is 17.7. The SMILES string of the molecule is Cc1cn([C@H]2C[C@H](O[Si](C)(C)C(C)(C)C)[C@@H](CO[Si](C)(C)C(C)(C)C)O2)c(=O)n(C(N)=Nc2ccccc2)c1=O. The molecule has 3 rings (SSSR count). The van der Waals surface area contributed by atoms with Gasteiger partial charge in [-0.2, -0.15) is 4.57 Å². The molecule has 1 aromatic carbocycles. The predicted molar refractivity (Wildman–Crippen MR) is 167 cm³/mol. The number of benzene rings is 1. The van der Waals surface area contributed by atoms with E-state index in [2.05, 4.69) is 72.7 Å². The Kier molecular flexibility index (Phi) is 9.27. The summed E-state index contributed by atoms with van der Waals surface area (Å²) in [7, 11) is -4.22. The van der Waals surface area contributed by atoms with Crippen LogP contribution in [0.4, 0.5) is 5.69 Å². The zero-order chi connectivity index (χ0) is 30.3. The summed E-state index contributed by atoms with van der Waals surface area (Å²) >= 11 is 0. The molecule has 1 aliphatic heterocycles. The monoisotopic (exact) mass is 588 g/mol. The summed E-state index contributed by atoms with van der Waals surface area (Å²) in [5.74, 6) is -0.191. The van der Waals surface area contributed by atoms with Crippen LogP contribution in [-0.2, 0) is 13.6 Å². The lowest BCUT2D eigenvalue weighted by molar-refractivity contribution is -0.0414. The van der Waals surface area contributed by atoms with Crippen molar-refractivity contribution in [2.45, 2.75) is 110 Å². The Morgan fingerprint density at radius 3 is 2.15 bits per heavy atom. The smallest absolute Gasteiger partial charge is 0.340 e. The van der Waals surface area contributed by atoms with Crippen LogP contribution in [0.1, 0.15) is 59.8 Å². The first kappa shape index (κ1) is 32.2. The third-order valence-electron chi connectivity index (χ3n) is 8.67. The van der Waals surface area contributed by atoms with Crippen LogP contribution < -0.4 is 17.0 Å². The highest BCUT2D eigenvalue weighted by Gasteiger charge is 2.47. The molecule has 3 atom stereocenters. The van der Waals surface area contributed by atoms with Gasteiger partial charge in [0, 0.05) is 18.2 Å². The molecule has 0 spiro atoms. The molecule has 0 unspecified atom stereocenters. The van der Waals surface area contributed by atoms with Crippen LogP contribution in [-0.4, -0.2) is 50.5 Å². The first-order valence-corrected chi connectivity index (χ1v) is 19.8. The van der Waals surface area contributed by atoms with E-state index in [0.717, 1.165) is 4.57 Å². The van der Waals surface area contributed by atoms with E-state index in [1.54, 1.807) is 25.3 Å². The number of nitrogens with two attached hydrogens (primary N) is 1. The lowest BCUT2D eigenvalue weighted by Gasteiger charge is -2.40. The van der Waals surface area contributed by atoms with Crippen molar-refractivity contribution in [3.63, 3.8) is 0 Å². The van der Waals surface area contributed by atoms with Gasteiger partial charge in [0.25, 0.3) is 5.56 Å². The first-order valence-electron chi connectivity index (χ1n) is 14.0. The maximum absolute atomic E-state index is 13.7. The Bertz CT molecular complexity index is 1340. The molecule has 0 radical (unpaired) electrons. The van der Waals surface area contributed by atoms with E-state index < -0.39 is 34.1 Å². The molecule has 1 fully saturated rings. The van der Waals surface area contributed by atoms with Crippen molar-refractivity contribution in [1.29, 1.82) is 0 Å². The van der Waals surface area contributed by atoms with E-state index in [-0.39, 0.29) is 28.2 Å². The highest BCUT2D eigenvalue weighted by Crippen LogP contribution is 2.42. The number of rotatable bonds is 7.